The van der Waals surface area contributed by atoms with E-state index < -0.39 is 42.2 Å². The van der Waals surface area contributed by atoms with Crippen molar-refractivity contribution in [3.8, 4) is 0 Å². The van der Waals surface area contributed by atoms with Crippen molar-refractivity contribution in [2.24, 2.45) is 0 Å². The van der Waals surface area contributed by atoms with E-state index in [0.717, 1.165) is 18.2 Å². The quantitative estimate of drug-likeness (QED) is 0.827. The summed E-state index contributed by atoms with van der Waals surface area (Å²) >= 11 is 0. The van der Waals surface area contributed by atoms with Crippen molar-refractivity contribution in [1.82, 2.24) is 5.32 Å². The van der Waals surface area contributed by atoms with Gasteiger partial charge in [0.05, 0.1) is 18.2 Å². The fourth-order valence-corrected chi connectivity index (χ4v) is 2.08. The molecule has 0 aromatic heterocycles. The molecular weight excluding hydrogens is 314 g/mol. The average Bonchev–Trinajstić information content (AvgIpc) is 2.52. The summed E-state index contributed by atoms with van der Waals surface area (Å²) in [5, 5.41) is 11.6. The Morgan fingerprint density at radius 1 is 1.09 bits per heavy atom. The van der Waals surface area contributed by atoms with Gasteiger partial charge in [-0.3, -0.25) is 4.79 Å². The Morgan fingerprint density at radius 2 is 1.74 bits per heavy atom. The molecule has 2 N–H and O–H groups in total. The van der Waals surface area contributed by atoms with Crippen LogP contribution in [0.25, 0.3) is 0 Å². The summed E-state index contributed by atoms with van der Waals surface area (Å²) in [7, 11) is 0. The lowest BCUT2D eigenvalue weighted by Gasteiger charge is -2.18. The number of aliphatic hydroxyl groups excluding tert-OH is 1. The highest BCUT2D eigenvalue weighted by Crippen LogP contribution is 2.24. The first-order chi connectivity index (χ1) is 10.9. The van der Waals surface area contributed by atoms with Crippen molar-refractivity contribution < 1.29 is 27.5 Å². The number of amides is 1. The molecule has 0 saturated carbocycles. The van der Waals surface area contributed by atoms with Crippen molar-refractivity contribution in [3.63, 3.8) is 0 Å². The molecule has 0 fully saturated rings. The van der Waals surface area contributed by atoms with E-state index in [9.17, 15) is 27.5 Å². The third kappa shape index (κ3) is 4.07. The number of rotatable bonds is 5. The average molecular weight is 327 g/mol. The molecule has 0 saturated heterocycles. The minimum absolute atomic E-state index is 0.0347. The Kier molecular flexibility index (Phi) is 5.33. The summed E-state index contributed by atoms with van der Waals surface area (Å²) in [5.41, 5.74) is -0.873. The van der Waals surface area contributed by atoms with Crippen LogP contribution in [-0.2, 0) is 0 Å². The first-order valence-electron chi connectivity index (χ1n) is 6.67. The molecule has 0 aliphatic rings. The van der Waals surface area contributed by atoms with Crippen LogP contribution in [0.3, 0.4) is 0 Å². The molecule has 122 valence electrons. The van der Waals surface area contributed by atoms with E-state index in [2.05, 4.69) is 5.32 Å². The van der Waals surface area contributed by atoms with E-state index >= 15 is 0 Å². The molecule has 2 aromatic carbocycles. The molecule has 0 spiro atoms. The summed E-state index contributed by atoms with van der Waals surface area (Å²) in [4.78, 5) is 12.0. The van der Waals surface area contributed by atoms with Gasteiger partial charge < -0.3 is 10.4 Å². The van der Waals surface area contributed by atoms with Gasteiger partial charge in [-0.1, -0.05) is 12.1 Å². The highest BCUT2D eigenvalue weighted by atomic mass is 19.3. The zero-order chi connectivity index (χ0) is 17.0. The third-order valence-corrected chi connectivity index (χ3v) is 3.20. The number of benzene rings is 2. The van der Waals surface area contributed by atoms with Gasteiger partial charge in [-0.15, -0.1) is 0 Å². The first kappa shape index (κ1) is 17.0. The molecule has 1 amide bonds. The normalized spacial score (nSPS) is 12.3. The maximum Gasteiger partial charge on any atom is 0.263 e. The van der Waals surface area contributed by atoms with Gasteiger partial charge in [0.1, 0.15) is 11.6 Å². The molecule has 23 heavy (non-hydrogen) atoms. The highest BCUT2D eigenvalue weighted by molar-refractivity contribution is 5.94. The maximum atomic E-state index is 13.5. The summed E-state index contributed by atoms with van der Waals surface area (Å²) in [6.45, 7) is -0.660. The number of alkyl halides is 2. The Balaban J connectivity index is 2.27. The Morgan fingerprint density at radius 3 is 2.35 bits per heavy atom. The SMILES string of the molecule is O=C(NC(CO)c1cc(F)cc(C(F)F)c1)c1ccccc1F. The van der Waals surface area contributed by atoms with Crippen LogP contribution >= 0.6 is 0 Å². The summed E-state index contributed by atoms with van der Waals surface area (Å²) < 4.78 is 52.4. The van der Waals surface area contributed by atoms with Gasteiger partial charge in [0.2, 0.25) is 0 Å². The molecule has 0 aliphatic carbocycles. The van der Waals surface area contributed by atoms with Gasteiger partial charge in [0, 0.05) is 5.56 Å². The van der Waals surface area contributed by atoms with Crippen LogP contribution < -0.4 is 5.32 Å². The second kappa shape index (κ2) is 7.23. The predicted molar refractivity (Wildman–Crippen MR) is 75.1 cm³/mol. The number of carbonyl (C=O) groups is 1. The lowest BCUT2D eigenvalue weighted by molar-refractivity contribution is 0.0912. The summed E-state index contributed by atoms with van der Waals surface area (Å²) in [6.07, 6.45) is -2.90. The van der Waals surface area contributed by atoms with Crippen LogP contribution in [0.15, 0.2) is 42.5 Å². The van der Waals surface area contributed by atoms with Gasteiger partial charge in [-0.2, -0.15) is 0 Å². The largest absolute Gasteiger partial charge is 0.394 e. The number of halogens is 4. The second-order valence-electron chi connectivity index (χ2n) is 4.81. The van der Waals surface area contributed by atoms with Crippen LogP contribution in [0.4, 0.5) is 17.6 Å². The Labute approximate surface area is 129 Å². The van der Waals surface area contributed by atoms with Gasteiger partial charge in [0.25, 0.3) is 12.3 Å². The molecule has 7 heteroatoms. The molecule has 1 unspecified atom stereocenters. The molecule has 0 aliphatic heterocycles. The van der Waals surface area contributed by atoms with Crippen LogP contribution in [0, 0.1) is 11.6 Å². The molecule has 2 aromatic rings. The molecule has 0 heterocycles. The third-order valence-electron chi connectivity index (χ3n) is 3.20. The van der Waals surface area contributed by atoms with Crippen LogP contribution in [-0.4, -0.2) is 17.6 Å². The summed E-state index contributed by atoms with van der Waals surface area (Å²) in [5.74, 6) is -2.53. The van der Waals surface area contributed by atoms with E-state index in [4.69, 9.17) is 0 Å². The molecule has 2 rings (SSSR count). The summed E-state index contributed by atoms with van der Waals surface area (Å²) in [6, 6.07) is 6.59. The Bertz CT molecular complexity index is 706. The minimum atomic E-state index is -2.90. The van der Waals surface area contributed by atoms with E-state index in [1.807, 2.05) is 0 Å². The first-order valence-corrected chi connectivity index (χ1v) is 6.67. The van der Waals surface area contributed by atoms with E-state index in [-0.39, 0.29) is 11.1 Å². The monoisotopic (exact) mass is 327 g/mol. The van der Waals surface area contributed by atoms with Crippen LogP contribution in [0.2, 0.25) is 0 Å². The standard InChI is InChI=1S/C16H13F4NO2/c17-11-6-9(5-10(7-11)15(19)20)14(8-22)21-16(23)12-3-1-2-4-13(12)18/h1-7,14-15,22H,8H2,(H,21,23). The molecule has 0 radical (unpaired) electrons. The molecule has 1 atom stereocenters. The smallest absolute Gasteiger partial charge is 0.263 e. The van der Waals surface area contributed by atoms with E-state index in [1.165, 1.54) is 18.2 Å². The predicted octanol–water partition coefficient (Wildman–Crippen LogP) is 3.37. The van der Waals surface area contributed by atoms with Crippen molar-refractivity contribution in [3.05, 3.63) is 70.8 Å². The van der Waals surface area contributed by atoms with Gasteiger partial charge in [-0.25, -0.2) is 17.6 Å². The van der Waals surface area contributed by atoms with Crippen molar-refractivity contribution in [2.45, 2.75) is 12.5 Å². The molecule has 0 bridgehead atoms. The van der Waals surface area contributed by atoms with Crippen molar-refractivity contribution in [2.75, 3.05) is 6.61 Å². The molecule has 3 nitrogen and oxygen atoms in total. The van der Waals surface area contributed by atoms with Gasteiger partial charge in [0.15, 0.2) is 0 Å². The fraction of sp³-hybridized carbons (Fsp3) is 0.188. The number of hydrogen-bond acceptors (Lipinski definition) is 2. The maximum absolute atomic E-state index is 13.5. The lowest BCUT2D eigenvalue weighted by Crippen LogP contribution is -2.31. The number of aliphatic hydroxyl groups is 1. The van der Waals surface area contributed by atoms with E-state index in [0.29, 0.717) is 6.07 Å². The zero-order valence-electron chi connectivity index (χ0n) is 11.8. The number of nitrogens with one attached hydrogen (secondary N) is 1. The van der Waals surface area contributed by atoms with Crippen LogP contribution in [0.1, 0.15) is 34.0 Å². The van der Waals surface area contributed by atoms with Crippen molar-refractivity contribution in [1.29, 1.82) is 0 Å². The van der Waals surface area contributed by atoms with Gasteiger partial charge >= 0.3 is 0 Å². The fourth-order valence-electron chi connectivity index (χ4n) is 2.08. The number of hydrogen-bond donors (Lipinski definition) is 2. The lowest BCUT2D eigenvalue weighted by atomic mass is 10.0. The van der Waals surface area contributed by atoms with Crippen LogP contribution in [0.5, 0.6) is 0 Å². The van der Waals surface area contributed by atoms with Gasteiger partial charge in [-0.05, 0) is 35.9 Å². The molecular formula is C16H13F4NO2. The Hall–Kier alpha value is -2.41. The van der Waals surface area contributed by atoms with Crippen molar-refractivity contribution >= 4 is 5.91 Å². The zero-order valence-corrected chi connectivity index (χ0v) is 11.8. The minimum Gasteiger partial charge on any atom is -0.394 e. The van der Waals surface area contributed by atoms with E-state index in [1.54, 1.807) is 0 Å². The topological polar surface area (TPSA) is 49.3 Å². The second-order valence-corrected chi connectivity index (χ2v) is 4.81. The highest BCUT2D eigenvalue weighted by Gasteiger charge is 2.20. The number of carbonyl (C=O) groups excluding carboxylic acids is 1.